The van der Waals surface area contributed by atoms with Crippen molar-refractivity contribution in [1.82, 2.24) is 4.90 Å². The van der Waals surface area contributed by atoms with Crippen molar-refractivity contribution in [3.05, 3.63) is 108 Å². The molecule has 1 heterocycles. The molecule has 5 atom stereocenters. The van der Waals surface area contributed by atoms with Crippen LogP contribution in [0, 0.1) is 0 Å². The van der Waals surface area contributed by atoms with Crippen LogP contribution in [-0.4, -0.2) is 71.8 Å². The Morgan fingerprint density at radius 3 is 1.82 bits per heavy atom. The average Bonchev–Trinajstić information content (AvgIpc) is 3.00. The van der Waals surface area contributed by atoms with E-state index in [1.807, 2.05) is 6.07 Å². The van der Waals surface area contributed by atoms with Crippen molar-refractivity contribution in [3.8, 4) is 0 Å². The number of hydrogen-bond donors (Lipinski definition) is 1. The van der Waals surface area contributed by atoms with Crippen molar-refractivity contribution in [1.29, 1.82) is 0 Å². The molecule has 0 aliphatic carbocycles. The number of hydrogen-bond acceptors (Lipinski definition) is 9. The topological polar surface area (TPSA) is 135 Å². The van der Waals surface area contributed by atoms with Gasteiger partial charge in [-0.2, -0.15) is 0 Å². The summed E-state index contributed by atoms with van der Waals surface area (Å²) in [6.07, 6.45) is -7.03. The second-order valence-corrected chi connectivity index (χ2v) is 9.01. The maximum absolute atomic E-state index is 13.3. The van der Waals surface area contributed by atoms with Crippen molar-refractivity contribution in [2.45, 2.75) is 44.2 Å². The third kappa shape index (κ3) is 6.84. The fourth-order valence-electron chi connectivity index (χ4n) is 4.44. The Balaban J connectivity index is 1.66. The highest BCUT2D eigenvalue weighted by atomic mass is 16.7. The van der Waals surface area contributed by atoms with E-state index in [0.717, 1.165) is 10.5 Å². The molecule has 0 unspecified atom stereocenters. The Morgan fingerprint density at radius 2 is 1.32 bits per heavy atom. The van der Waals surface area contributed by atoms with Crippen molar-refractivity contribution < 1.29 is 43.5 Å². The Kier molecular flexibility index (Phi) is 9.85. The van der Waals surface area contributed by atoms with Gasteiger partial charge in [0.05, 0.1) is 23.8 Å². The van der Waals surface area contributed by atoms with Crippen molar-refractivity contribution in [3.63, 3.8) is 0 Å². The third-order valence-corrected chi connectivity index (χ3v) is 6.44. The highest BCUT2D eigenvalue weighted by molar-refractivity contribution is 5.90. The zero-order valence-corrected chi connectivity index (χ0v) is 21.8. The molecule has 1 saturated heterocycles. The van der Waals surface area contributed by atoms with E-state index in [1.165, 1.54) is 24.3 Å². The first-order chi connectivity index (χ1) is 19.4. The van der Waals surface area contributed by atoms with Crippen LogP contribution in [0.3, 0.4) is 0 Å². The third-order valence-electron chi connectivity index (χ3n) is 6.44. The first kappa shape index (κ1) is 28.8. The summed E-state index contributed by atoms with van der Waals surface area (Å²) in [7, 11) is 0. The van der Waals surface area contributed by atoms with Gasteiger partial charge in [-0.1, -0.05) is 66.7 Å². The molecule has 0 saturated carbocycles. The summed E-state index contributed by atoms with van der Waals surface area (Å²) in [6, 6.07) is 23.6. The zero-order valence-electron chi connectivity index (χ0n) is 21.8. The summed E-state index contributed by atoms with van der Waals surface area (Å²) in [5, 5.41) is 23.4. The fourth-order valence-corrected chi connectivity index (χ4v) is 4.44. The van der Waals surface area contributed by atoms with Crippen LogP contribution < -0.4 is 5.11 Å². The molecule has 1 amide bonds. The predicted molar refractivity (Wildman–Crippen MR) is 140 cm³/mol. The lowest BCUT2D eigenvalue weighted by Gasteiger charge is -2.51. The van der Waals surface area contributed by atoms with Gasteiger partial charge in [0.25, 0.3) is 0 Å². The minimum atomic E-state index is -1.96. The van der Waals surface area contributed by atoms with Gasteiger partial charge < -0.3 is 34.1 Å². The Labute approximate surface area is 231 Å². The molecule has 210 valence electrons. The second kappa shape index (κ2) is 13.7. The number of nitrogens with zero attached hydrogens (tertiary/aromatic N) is 1. The molecule has 3 aromatic rings. The van der Waals surface area contributed by atoms with E-state index in [2.05, 4.69) is 0 Å². The number of carbonyl (C=O) groups is 3. The average molecular weight is 549 g/mol. The normalized spacial score (nSPS) is 22.1. The number of aliphatic hydroxyl groups is 1. The molecule has 3 aromatic carbocycles. The zero-order chi connectivity index (χ0) is 28.5. The quantitative estimate of drug-likeness (QED) is 0.316. The lowest BCUT2D eigenvalue weighted by atomic mass is 9.95. The molecule has 10 nitrogen and oxygen atoms in total. The molecule has 0 aromatic heterocycles. The van der Waals surface area contributed by atoms with Gasteiger partial charge in [-0.15, -0.1) is 0 Å². The van der Waals surface area contributed by atoms with E-state index in [0.29, 0.717) is 0 Å². The van der Waals surface area contributed by atoms with E-state index < -0.39 is 55.3 Å². The monoisotopic (exact) mass is 548 g/mol. The Morgan fingerprint density at radius 1 is 0.825 bits per heavy atom. The molecule has 40 heavy (non-hydrogen) atoms. The number of ether oxygens (including phenoxy) is 4. The van der Waals surface area contributed by atoms with Crippen LogP contribution in [0.15, 0.2) is 91.0 Å². The van der Waals surface area contributed by atoms with Crippen LogP contribution in [0.2, 0.25) is 0 Å². The predicted octanol–water partition coefficient (Wildman–Crippen LogP) is 2.54. The number of likely N-dealkylation sites (N-methyl/N-ethyl adjacent to an activating group) is 1. The summed E-state index contributed by atoms with van der Waals surface area (Å²) in [6.45, 7) is 0.841. The van der Waals surface area contributed by atoms with Gasteiger partial charge >= 0.3 is 18.0 Å². The molecule has 0 bridgehead atoms. The molecular weight excluding hydrogens is 518 g/mol. The van der Waals surface area contributed by atoms with Crippen LogP contribution in [0.1, 0.15) is 33.2 Å². The number of carbonyl (C=O) groups excluding carboxylic acids is 3. The van der Waals surface area contributed by atoms with Crippen molar-refractivity contribution in [2.75, 3.05) is 13.2 Å². The van der Waals surface area contributed by atoms with Crippen LogP contribution in [-0.2, 0) is 25.6 Å². The molecule has 1 aliphatic rings. The summed E-state index contributed by atoms with van der Waals surface area (Å²) in [4.78, 5) is 40.5. The largest absolute Gasteiger partial charge is 0.829 e. The van der Waals surface area contributed by atoms with Crippen LogP contribution in [0.5, 0.6) is 0 Å². The molecular formula is C30H30NO9-. The first-order valence-electron chi connectivity index (χ1n) is 12.8. The maximum atomic E-state index is 13.3. The maximum Gasteiger partial charge on any atom is 0.410 e. The first-order valence-corrected chi connectivity index (χ1v) is 12.8. The summed E-state index contributed by atoms with van der Waals surface area (Å²) in [5.41, 5.74) is 1.11. The van der Waals surface area contributed by atoms with Gasteiger partial charge in [-0.25, -0.2) is 14.4 Å². The SMILES string of the molecule is CCN(C(=O)OCc1ccccc1)[C@@H]1[C@@H](OC(=O)c2ccccc2)[C@H](OC(=O)c2ccccc2)[C@@H](CO)O[C@@H]1[O-]. The Hall–Kier alpha value is -4.25. The molecule has 0 radical (unpaired) electrons. The fraction of sp³-hybridized carbons (Fsp3) is 0.300. The number of amides is 1. The smallest absolute Gasteiger partial charge is 0.410 e. The minimum absolute atomic E-state index is 0.0110. The molecule has 1 N–H and O–H groups in total. The van der Waals surface area contributed by atoms with Crippen molar-refractivity contribution in [2.24, 2.45) is 0 Å². The van der Waals surface area contributed by atoms with E-state index in [9.17, 15) is 24.6 Å². The number of benzene rings is 3. The van der Waals surface area contributed by atoms with E-state index in [4.69, 9.17) is 18.9 Å². The molecule has 0 spiro atoms. The standard InChI is InChI=1S/C30H30NO9/c1-2-31(30(36)37-19-20-12-6-3-7-13-20)24-26(40-28(34)22-16-10-5-11-17-22)25(23(18-32)38-29(24)35)39-27(33)21-14-8-4-9-15-21/h3-17,23-26,29,32H,2,18-19H2,1H3/q-1/t23-,24-,25-,26-,29+/m1/s1. The number of rotatable bonds is 9. The van der Waals surface area contributed by atoms with Gasteiger partial charge in [0.2, 0.25) is 0 Å². The highest BCUT2D eigenvalue weighted by Crippen LogP contribution is 2.30. The number of esters is 2. The van der Waals surface area contributed by atoms with Crippen LogP contribution in [0.25, 0.3) is 0 Å². The van der Waals surface area contributed by atoms with E-state index >= 15 is 0 Å². The van der Waals surface area contributed by atoms with E-state index in [1.54, 1.807) is 67.6 Å². The lowest BCUT2D eigenvalue weighted by molar-refractivity contribution is -0.524. The van der Waals surface area contributed by atoms with Gasteiger partial charge in [0.1, 0.15) is 12.7 Å². The summed E-state index contributed by atoms with van der Waals surface area (Å²) < 4.78 is 22.4. The molecule has 1 aliphatic heterocycles. The Bertz CT molecular complexity index is 1260. The summed E-state index contributed by atoms with van der Waals surface area (Å²) >= 11 is 0. The second-order valence-electron chi connectivity index (χ2n) is 9.01. The highest BCUT2D eigenvalue weighted by Gasteiger charge is 2.50. The summed E-state index contributed by atoms with van der Waals surface area (Å²) in [5.74, 6) is -1.60. The minimum Gasteiger partial charge on any atom is -0.829 e. The van der Waals surface area contributed by atoms with Gasteiger partial charge in [0.15, 0.2) is 12.2 Å². The van der Waals surface area contributed by atoms with Crippen LogP contribution in [0.4, 0.5) is 4.79 Å². The van der Waals surface area contributed by atoms with Crippen LogP contribution >= 0.6 is 0 Å². The molecule has 1 fully saturated rings. The van der Waals surface area contributed by atoms with Gasteiger partial charge in [-0.05, 0) is 36.8 Å². The number of aliphatic hydroxyl groups excluding tert-OH is 1. The van der Waals surface area contributed by atoms with Gasteiger partial charge in [-0.3, -0.25) is 0 Å². The van der Waals surface area contributed by atoms with Gasteiger partial charge in [0, 0.05) is 12.8 Å². The van der Waals surface area contributed by atoms with E-state index in [-0.39, 0.29) is 24.3 Å². The van der Waals surface area contributed by atoms with Crippen molar-refractivity contribution >= 4 is 18.0 Å². The molecule has 10 heteroatoms. The molecule has 4 rings (SSSR count). The lowest BCUT2D eigenvalue weighted by Crippen LogP contribution is -2.70.